The molecule has 0 aromatic carbocycles. The van der Waals surface area contributed by atoms with Crippen molar-refractivity contribution >= 4 is 24.4 Å². The molecule has 0 aromatic heterocycles. The zero-order valence-corrected chi connectivity index (χ0v) is 14.3. The van der Waals surface area contributed by atoms with Crippen LogP contribution in [0.5, 0.6) is 0 Å². The third-order valence-corrected chi connectivity index (χ3v) is 6.85. The Balaban J connectivity index is 1.75. The van der Waals surface area contributed by atoms with Gasteiger partial charge in [0.15, 0.2) is 6.49 Å². The van der Waals surface area contributed by atoms with Crippen LogP contribution in [0, 0.1) is 11.8 Å². The fourth-order valence-corrected chi connectivity index (χ4v) is 3.89. The maximum atomic E-state index is 11.8. The van der Waals surface area contributed by atoms with Crippen molar-refractivity contribution < 1.29 is 18.6 Å². The molecule has 20 heavy (non-hydrogen) atoms. The Bertz CT molecular complexity index is 405. The second kappa shape index (κ2) is 5.91. The van der Waals surface area contributed by atoms with Crippen LogP contribution >= 0.6 is 6.49 Å². The number of hydrogen-bond acceptors (Lipinski definition) is 5. The predicted octanol–water partition coefficient (Wildman–Crippen LogP) is 2.85. The topological polar surface area (TPSA) is 48.0 Å². The Kier molecular flexibility index (Phi) is 4.80. The van der Waals surface area contributed by atoms with Crippen molar-refractivity contribution in [3.63, 3.8) is 0 Å². The Labute approximate surface area is 126 Å². The number of rotatable bonds is 2. The van der Waals surface area contributed by atoms with Gasteiger partial charge in [-0.15, -0.1) is 0 Å². The van der Waals surface area contributed by atoms with E-state index in [1.165, 1.54) is 0 Å². The molecule has 0 aromatic rings. The minimum absolute atomic E-state index is 0.231. The van der Waals surface area contributed by atoms with E-state index in [1.807, 2.05) is 27.7 Å². The van der Waals surface area contributed by atoms with E-state index in [1.54, 1.807) is 4.90 Å². The molecule has 0 bridgehead atoms. The molecular weight excluding hydrogens is 297 g/mol. The first-order chi connectivity index (χ1) is 9.22. The van der Waals surface area contributed by atoms with Gasteiger partial charge in [0.05, 0.1) is 13.2 Å². The summed E-state index contributed by atoms with van der Waals surface area (Å²) in [6, 6.07) is 0. The van der Waals surface area contributed by atoms with E-state index >= 15 is 0 Å². The molecule has 0 spiro atoms. The van der Waals surface area contributed by atoms with E-state index < -0.39 is 12.1 Å². The molecule has 0 N–H and O–H groups in total. The summed E-state index contributed by atoms with van der Waals surface area (Å²) in [5.74, 6) is 0.777. The largest absolute Gasteiger partial charge is 0.444 e. The quantitative estimate of drug-likeness (QED) is 0.732. The fourth-order valence-electron chi connectivity index (χ4n) is 2.25. The molecule has 0 radical (unpaired) electrons. The average molecular weight is 321 g/mol. The lowest BCUT2D eigenvalue weighted by Crippen LogP contribution is -2.55. The summed E-state index contributed by atoms with van der Waals surface area (Å²) < 4.78 is 16.8. The molecule has 2 aliphatic rings. The lowest BCUT2D eigenvalue weighted by molar-refractivity contribution is -0.0286. The van der Waals surface area contributed by atoms with Gasteiger partial charge in [-0.05, 0) is 32.6 Å². The van der Waals surface area contributed by atoms with Gasteiger partial charge in [0.2, 0.25) is 0 Å². The van der Waals surface area contributed by atoms with Crippen LogP contribution in [0.15, 0.2) is 0 Å². The highest BCUT2D eigenvalue weighted by Gasteiger charge is 2.41. The monoisotopic (exact) mass is 321 g/mol. The van der Waals surface area contributed by atoms with E-state index in [-0.39, 0.29) is 6.09 Å². The first-order valence-electron chi connectivity index (χ1n) is 7.08. The van der Waals surface area contributed by atoms with Crippen LogP contribution in [0.2, 0.25) is 0 Å². The maximum Gasteiger partial charge on any atom is 0.410 e. The highest BCUT2D eigenvalue weighted by Crippen LogP contribution is 2.52. The summed E-state index contributed by atoms with van der Waals surface area (Å²) >= 11 is 5.36. The average Bonchev–Trinajstić information content (AvgIpc) is 2.27. The van der Waals surface area contributed by atoms with Crippen LogP contribution in [0.1, 0.15) is 27.7 Å². The zero-order chi connectivity index (χ0) is 15.0. The van der Waals surface area contributed by atoms with Crippen LogP contribution in [-0.4, -0.2) is 49.1 Å². The minimum Gasteiger partial charge on any atom is -0.444 e. The third kappa shape index (κ3) is 3.94. The fraction of sp³-hybridized carbons (Fsp3) is 0.923. The van der Waals surface area contributed by atoms with Gasteiger partial charge in [0, 0.05) is 31.1 Å². The summed E-state index contributed by atoms with van der Waals surface area (Å²) in [5, 5.41) is 0. The van der Waals surface area contributed by atoms with Gasteiger partial charge in [-0.3, -0.25) is 0 Å². The van der Waals surface area contributed by atoms with Gasteiger partial charge in [0.1, 0.15) is 5.60 Å². The molecule has 0 unspecified atom stereocenters. The van der Waals surface area contributed by atoms with Gasteiger partial charge in [-0.1, -0.05) is 6.92 Å². The minimum atomic E-state index is -1.99. The van der Waals surface area contributed by atoms with Gasteiger partial charge in [-0.25, -0.2) is 4.79 Å². The lowest BCUT2D eigenvalue weighted by Gasteiger charge is -2.45. The van der Waals surface area contributed by atoms with E-state index in [0.717, 1.165) is 19.3 Å². The van der Waals surface area contributed by atoms with Crippen molar-refractivity contribution in [2.75, 3.05) is 32.5 Å². The van der Waals surface area contributed by atoms with Crippen molar-refractivity contribution in [2.24, 2.45) is 11.8 Å². The summed E-state index contributed by atoms with van der Waals surface area (Å²) in [7, 11) is 0. The van der Waals surface area contributed by atoms with Gasteiger partial charge in [0.25, 0.3) is 0 Å². The van der Waals surface area contributed by atoms with E-state index in [4.69, 9.17) is 25.6 Å². The predicted molar refractivity (Wildman–Crippen MR) is 81.5 cm³/mol. The summed E-state index contributed by atoms with van der Waals surface area (Å²) in [6.45, 7) is 8.43. The molecule has 2 aliphatic heterocycles. The molecule has 1 amide bonds. The van der Waals surface area contributed by atoms with Crippen molar-refractivity contribution in [3.8, 4) is 0 Å². The Hall–Kier alpha value is -0.160. The van der Waals surface area contributed by atoms with Gasteiger partial charge in [-0.2, -0.15) is 0 Å². The number of hydrogen-bond donors (Lipinski definition) is 0. The van der Waals surface area contributed by atoms with Crippen molar-refractivity contribution in [2.45, 2.75) is 33.3 Å². The number of likely N-dealkylation sites (tertiary alicyclic amines) is 1. The molecule has 2 heterocycles. The highest BCUT2D eigenvalue weighted by molar-refractivity contribution is 8.09. The molecule has 116 valence electrons. The molecule has 0 atom stereocenters. The number of carbonyl (C=O) groups excluding carboxylic acids is 1. The molecule has 2 saturated heterocycles. The van der Waals surface area contributed by atoms with Crippen LogP contribution < -0.4 is 0 Å². The summed E-state index contributed by atoms with van der Waals surface area (Å²) in [5.41, 5.74) is -0.438. The SMILES string of the molecule is CCP1(=S)OCC(C2CN(C(=O)OC(C)(C)C)C2)CO1. The second-order valence-corrected chi connectivity index (χ2v) is 10.5. The van der Waals surface area contributed by atoms with Crippen LogP contribution in [0.25, 0.3) is 0 Å². The third-order valence-electron chi connectivity index (χ3n) is 3.59. The van der Waals surface area contributed by atoms with E-state index in [2.05, 4.69) is 0 Å². The number of carbonyl (C=O) groups is 1. The molecule has 0 saturated carbocycles. The van der Waals surface area contributed by atoms with Crippen LogP contribution in [0.3, 0.4) is 0 Å². The smallest absolute Gasteiger partial charge is 0.410 e. The second-order valence-electron chi connectivity index (χ2n) is 6.42. The Morgan fingerprint density at radius 3 is 2.30 bits per heavy atom. The first-order valence-corrected chi connectivity index (χ1v) is 9.91. The van der Waals surface area contributed by atoms with Gasteiger partial charge < -0.3 is 18.7 Å². The van der Waals surface area contributed by atoms with E-state index in [0.29, 0.717) is 25.0 Å². The van der Waals surface area contributed by atoms with Crippen molar-refractivity contribution in [3.05, 3.63) is 0 Å². The number of amides is 1. The molecule has 2 fully saturated rings. The standard InChI is InChI=1S/C13H24NO4PS/c1-5-19(20)16-8-11(9-17-19)10-6-14(7-10)12(15)18-13(2,3)4/h10-11H,5-9H2,1-4H3. The van der Waals surface area contributed by atoms with Crippen molar-refractivity contribution in [1.82, 2.24) is 4.90 Å². The van der Waals surface area contributed by atoms with Crippen LogP contribution in [0.4, 0.5) is 4.79 Å². The van der Waals surface area contributed by atoms with Gasteiger partial charge >= 0.3 is 6.09 Å². The molecule has 0 aliphatic carbocycles. The summed E-state index contributed by atoms with van der Waals surface area (Å²) in [4.78, 5) is 13.6. The molecule has 5 nitrogen and oxygen atoms in total. The molecule has 7 heteroatoms. The van der Waals surface area contributed by atoms with Crippen LogP contribution in [-0.2, 0) is 25.6 Å². The first kappa shape index (κ1) is 16.2. The maximum absolute atomic E-state index is 11.8. The summed E-state index contributed by atoms with van der Waals surface area (Å²) in [6.07, 6.45) is 0.550. The number of nitrogens with zero attached hydrogens (tertiary/aromatic N) is 1. The Morgan fingerprint density at radius 1 is 1.30 bits per heavy atom. The normalized spacial score (nSPS) is 31.8. The van der Waals surface area contributed by atoms with E-state index in [9.17, 15) is 4.79 Å². The lowest BCUT2D eigenvalue weighted by atomic mass is 9.87. The highest BCUT2D eigenvalue weighted by atomic mass is 32.5. The van der Waals surface area contributed by atoms with Crippen molar-refractivity contribution in [1.29, 1.82) is 0 Å². The number of ether oxygens (including phenoxy) is 1. The zero-order valence-electron chi connectivity index (χ0n) is 12.6. The molecular formula is C13H24NO4PS. The Morgan fingerprint density at radius 2 is 1.85 bits per heavy atom. The molecule has 2 rings (SSSR count).